The molecule has 0 spiro atoms. The summed E-state index contributed by atoms with van der Waals surface area (Å²) in [6.45, 7) is 6.25. The first-order valence-corrected chi connectivity index (χ1v) is 8.55. The van der Waals surface area contributed by atoms with Gasteiger partial charge in [0.25, 0.3) is 5.91 Å². The van der Waals surface area contributed by atoms with Gasteiger partial charge in [0.05, 0.1) is 12.2 Å². The van der Waals surface area contributed by atoms with E-state index in [0.29, 0.717) is 24.4 Å². The second-order valence-corrected chi connectivity index (χ2v) is 6.42. The van der Waals surface area contributed by atoms with E-state index in [-0.39, 0.29) is 23.9 Å². The molecule has 1 unspecified atom stereocenters. The van der Waals surface area contributed by atoms with E-state index >= 15 is 0 Å². The van der Waals surface area contributed by atoms with Crippen LogP contribution in [0.25, 0.3) is 0 Å². The number of piperidine rings is 1. The summed E-state index contributed by atoms with van der Waals surface area (Å²) in [5.41, 5.74) is 0.957. The summed E-state index contributed by atoms with van der Waals surface area (Å²) in [6, 6.07) is 1.81. The monoisotopic (exact) mass is 381 g/mol. The zero-order valence-electron chi connectivity index (χ0n) is 14.9. The molecule has 26 heavy (non-hydrogen) atoms. The van der Waals surface area contributed by atoms with Gasteiger partial charge in [-0.2, -0.15) is 0 Å². The van der Waals surface area contributed by atoms with Crippen LogP contribution in [-0.2, 0) is 6.54 Å². The Bertz CT molecular complexity index is 811. The smallest absolute Gasteiger partial charge is 0.349 e. The molecule has 2 aromatic heterocycles. The molecule has 1 atom stereocenters. The van der Waals surface area contributed by atoms with E-state index in [2.05, 4.69) is 20.9 Å². The standard InChI is InChI=1S/C17H23N5O3.ClH/c1-11-8-14(13-4-3-5-18-9-13)25-17(24)15(11)16(23)19-6-7-22-10-12(2)20-21-22;/h8,10,13,18H,3-7,9H2,1-2H3,(H,19,23);1H. The number of hydrogen-bond acceptors (Lipinski definition) is 6. The number of halogens is 1. The Kier molecular flexibility index (Phi) is 6.93. The largest absolute Gasteiger partial charge is 0.427 e. The van der Waals surface area contributed by atoms with Gasteiger partial charge < -0.3 is 15.1 Å². The molecule has 0 aromatic carbocycles. The highest BCUT2D eigenvalue weighted by Crippen LogP contribution is 2.23. The molecule has 9 heteroatoms. The lowest BCUT2D eigenvalue weighted by molar-refractivity contribution is 0.0946. The van der Waals surface area contributed by atoms with Gasteiger partial charge in [0.2, 0.25) is 0 Å². The number of carbonyl (C=O) groups excluding carboxylic acids is 1. The molecule has 1 aliphatic rings. The van der Waals surface area contributed by atoms with Gasteiger partial charge in [0, 0.05) is 25.2 Å². The minimum Gasteiger partial charge on any atom is -0.427 e. The number of aromatic nitrogens is 3. The van der Waals surface area contributed by atoms with Crippen LogP contribution in [0.1, 0.15) is 46.1 Å². The van der Waals surface area contributed by atoms with Crippen LogP contribution in [0.3, 0.4) is 0 Å². The molecule has 1 fully saturated rings. The normalized spacial score (nSPS) is 16.8. The van der Waals surface area contributed by atoms with Crippen LogP contribution >= 0.6 is 12.4 Å². The van der Waals surface area contributed by atoms with Crippen molar-refractivity contribution in [3.63, 3.8) is 0 Å². The van der Waals surface area contributed by atoms with Crippen LogP contribution in [0.4, 0.5) is 0 Å². The van der Waals surface area contributed by atoms with Crippen LogP contribution in [-0.4, -0.2) is 40.5 Å². The highest BCUT2D eigenvalue weighted by Gasteiger charge is 2.22. The fourth-order valence-electron chi connectivity index (χ4n) is 3.08. The quantitative estimate of drug-likeness (QED) is 0.806. The Labute approximate surface area is 157 Å². The van der Waals surface area contributed by atoms with E-state index in [1.165, 1.54) is 0 Å². The van der Waals surface area contributed by atoms with Crippen LogP contribution in [0, 0.1) is 13.8 Å². The van der Waals surface area contributed by atoms with Gasteiger partial charge in [-0.25, -0.2) is 4.79 Å². The Morgan fingerprint density at radius 1 is 1.46 bits per heavy atom. The topological polar surface area (TPSA) is 102 Å². The minimum absolute atomic E-state index is 0. The maximum Gasteiger partial charge on any atom is 0.349 e. The van der Waals surface area contributed by atoms with Crippen LogP contribution in [0.2, 0.25) is 0 Å². The van der Waals surface area contributed by atoms with Crippen molar-refractivity contribution < 1.29 is 9.21 Å². The number of nitrogens with zero attached hydrogens (tertiary/aromatic N) is 3. The molecular formula is C17H24ClN5O3. The Morgan fingerprint density at radius 2 is 2.27 bits per heavy atom. The zero-order valence-corrected chi connectivity index (χ0v) is 15.8. The Morgan fingerprint density at radius 3 is 2.88 bits per heavy atom. The lowest BCUT2D eigenvalue weighted by atomic mass is 9.95. The van der Waals surface area contributed by atoms with E-state index in [9.17, 15) is 9.59 Å². The second-order valence-electron chi connectivity index (χ2n) is 6.42. The molecule has 8 nitrogen and oxygen atoms in total. The predicted molar refractivity (Wildman–Crippen MR) is 98.9 cm³/mol. The molecule has 0 radical (unpaired) electrons. The summed E-state index contributed by atoms with van der Waals surface area (Å²) >= 11 is 0. The Hall–Kier alpha value is -2.19. The fourth-order valence-corrected chi connectivity index (χ4v) is 3.08. The van der Waals surface area contributed by atoms with Crippen LogP contribution in [0.5, 0.6) is 0 Å². The van der Waals surface area contributed by atoms with Crippen molar-refractivity contribution in [1.82, 2.24) is 25.6 Å². The lowest BCUT2D eigenvalue weighted by Gasteiger charge is -2.22. The van der Waals surface area contributed by atoms with Gasteiger partial charge in [-0.3, -0.25) is 9.48 Å². The van der Waals surface area contributed by atoms with E-state index in [1.54, 1.807) is 17.8 Å². The maximum absolute atomic E-state index is 12.3. The highest BCUT2D eigenvalue weighted by atomic mass is 35.5. The second kappa shape index (κ2) is 8.95. The third kappa shape index (κ3) is 4.70. The average molecular weight is 382 g/mol. The van der Waals surface area contributed by atoms with Gasteiger partial charge in [-0.05, 0) is 44.9 Å². The summed E-state index contributed by atoms with van der Waals surface area (Å²) in [7, 11) is 0. The van der Waals surface area contributed by atoms with Gasteiger partial charge in [0.15, 0.2) is 0 Å². The van der Waals surface area contributed by atoms with E-state index in [1.807, 2.05) is 13.0 Å². The number of aryl methyl sites for hydroxylation is 2. The molecule has 2 aromatic rings. The molecule has 1 saturated heterocycles. The van der Waals surface area contributed by atoms with Gasteiger partial charge in [-0.15, -0.1) is 17.5 Å². The summed E-state index contributed by atoms with van der Waals surface area (Å²) < 4.78 is 7.08. The van der Waals surface area contributed by atoms with Crippen molar-refractivity contribution in [3.8, 4) is 0 Å². The summed E-state index contributed by atoms with van der Waals surface area (Å²) in [6.07, 6.45) is 3.83. The van der Waals surface area contributed by atoms with E-state index < -0.39 is 11.5 Å². The lowest BCUT2D eigenvalue weighted by Crippen LogP contribution is -2.33. The molecule has 3 heterocycles. The molecule has 0 saturated carbocycles. The van der Waals surface area contributed by atoms with Gasteiger partial charge >= 0.3 is 5.63 Å². The summed E-state index contributed by atoms with van der Waals surface area (Å²) in [5, 5.41) is 13.8. The van der Waals surface area contributed by atoms with Gasteiger partial charge in [-0.1, -0.05) is 5.21 Å². The predicted octanol–water partition coefficient (Wildman–Crippen LogP) is 1.17. The van der Waals surface area contributed by atoms with Gasteiger partial charge in [0.1, 0.15) is 11.3 Å². The Balaban J connectivity index is 0.00000243. The number of amides is 1. The van der Waals surface area contributed by atoms with Crippen molar-refractivity contribution in [2.75, 3.05) is 19.6 Å². The van der Waals surface area contributed by atoms with Crippen molar-refractivity contribution in [2.45, 2.75) is 39.2 Å². The highest BCUT2D eigenvalue weighted by molar-refractivity contribution is 5.95. The maximum atomic E-state index is 12.3. The summed E-state index contributed by atoms with van der Waals surface area (Å²) in [4.78, 5) is 24.6. The molecular weight excluding hydrogens is 358 g/mol. The number of nitrogens with one attached hydrogen (secondary N) is 2. The molecule has 0 aliphatic carbocycles. The third-order valence-electron chi connectivity index (χ3n) is 4.37. The third-order valence-corrected chi connectivity index (χ3v) is 4.37. The molecule has 142 valence electrons. The fraction of sp³-hybridized carbons (Fsp3) is 0.529. The average Bonchev–Trinajstić information content (AvgIpc) is 3.00. The first kappa shape index (κ1) is 20.1. The first-order chi connectivity index (χ1) is 12.0. The molecule has 1 aliphatic heterocycles. The summed E-state index contributed by atoms with van der Waals surface area (Å²) in [5.74, 6) is 0.425. The van der Waals surface area contributed by atoms with E-state index in [0.717, 1.165) is 31.6 Å². The van der Waals surface area contributed by atoms with Crippen molar-refractivity contribution in [2.24, 2.45) is 0 Å². The van der Waals surface area contributed by atoms with Crippen LogP contribution < -0.4 is 16.3 Å². The first-order valence-electron chi connectivity index (χ1n) is 8.55. The SMILES string of the molecule is Cc1cn(CCNC(=O)c2c(C)cc(C3CCCNC3)oc2=O)nn1.Cl. The molecule has 2 N–H and O–H groups in total. The van der Waals surface area contributed by atoms with Crippen molar-refractivity contribution in [3.05, 3.63) is 45.3 Å². The number of hydrogen-bond donors (Lipinski definition) is 2. The minimum atomic E-state index is -0.574. The number of carbonyl (C=O) groups is 1. The van der Waals surface area contributed by atoms with Crippen molar-refractivity contribution >= 4 is 18.3 Å². The zero-order chi connectivity index (χ0) is 17.8. The number of rotatable bonds is 5. The van der Waals surface area contributed by atoms with Crippen LogP contribution in [0.15, 0.2) is 21.5 Å². The molecule has 3 rings (SSSR count). The van der Waals surface area contributed by atoms with Crippen molar-refractivity contribution in [1.29, 1.82) is 0 Å². The molecule has 1 amide bonds. The molecule has 0 bridgehead atoms. The van der Waals surface area contributed by atoms with E-state index in [4.69, 9.17) is 4.42 Å².